The maximum Gasteiger partial charge on any atom is 0.0978 e. The van der Waals surface area contributed by atoms with Gasteiger partial charge >= 0.3 is 0 Å². The molecule has 0 aliphatic carbocycles. The topological polar surface area (TPSA) is 60.2 Å². The quantitative estimate of drug-likeness (QED) is 0.775. The van der Waals surface area contributed by atoms with Crippen LogP contribution in [-0.2, 0) is 4.74 Å². The molecule has 5 heteroatoms. The maximum absolute atomic E-state index is 10.2. The summed E-state index contributed by atoms with van der Waals surface area (Å²) in [6.07, 6.45) is 2.49. The van der Waals surface area contributed by atoms with Gasteiger partial charge in [0.25, 0.3) is 0 Å². The van der Waals surface area contributed by atoms with E-state index >= 15 is 0 Å². The molecule has 0 bridgehead atoms. The number of rotatable bonds is 7. The number of benzene rings is 1. The van der Waals surface area contributed by atoms with Crippen molar-refractivity contribution in [2.75, 3.05) is 13.2 Å². The third kappa shape index (κ3) is 3.62. The van der Waals surface area contributed by atoms with E-state index in [4.69, 9.17) is 4.74 Å². The smallest absolute Gasteiger partial charge is 0.0978 e. The van der Waals surface area contributed by atoms with E-state index in [0.29, 0.717) is 25.3 Å². The molecule has 19 heavy (non-hydrogen) atoms. The Morgan fingerprint density at radius 3 is 2.84 bits per heavy atom. The lowest BCUT2D eigenvalue weighted by Crippen LogP contribution is -2.08. The Bertz CT molecular complexity index is 484. The molecule has 2 aromatic rings. The molecular formula is C14H19N3O2. The molecule has 1 unspecified atom stereocenters. The minimum absolute atomic E-state index is 0.573. The third-order valence-corrected chi connectivity index (χ3v) is 2.89. The summed E-state index contributed by atoms with van der Waals surface area (Å²) in [6.45, 7) is 3.34. The normalized spacial score (nSPS) is 12.5. The molecule has 1 aromatic heterocycles. The van der Waals surface area contributed by atoms with Crippen molar-refractivity contribution in [3.8, 4) is 5.69 Å². The number of aliphatic hydroxyl groups excluding tert-OH is 1. The van der Waals surface area contributed by atoms with Gasteiger partial charge in [0.2, 0.25) is 0 Å². The predicted molar refractivity (Wildman–Crippen MR) is 72.0 cm³/mol. The molecule has 0 radical (unpaired) electrons. The van der Waals surface area contributed by atoms with Crippen molar-refractivity contribution in [1.29, 1.82) is 0 Å². The molecule has 1 heterocycles. The van der Waals surface area contributed by atoms with Crippen molar-refractivity contribution in [2.45, 2.75) is 25.9 Å². The van der Waals surface area contributed by atoms with Gasteiger partial charge < -0.3 is 9.84 Å². The highest BCUT2D eigenvalue weighted by Gasteiger charge is 2.14. The number of nitrogens with zero attached hydrogens (tertiary/aromatic N) is 3. The van der Waals surface area contributed by atoms with Gasteiger partial charge in [-0.25, -0.2) is 4.68 Å². The summed E-state index contributed by atoms with van der Waals surface area (Å²) >= 11 is 0. The number of ether oxygens (including phenoxy) is 1. The second-order valence-electron chi connectivity index (χ2n) is 4.26. The summed E-state index contributed by atoms with van der Waals surface area (Å²) in [5.74, 6) is 0. The van der Waals surface area contributed by atoms with Gasteiger partial charge in [-0.2, -0.15) is 0 Å². The zero-order chi connectivity index (χ0) is 13.5. The molecule has 1 aromatic carbocycles. The average molecular weight is 261 g/mol. The fourth-order valence-corrected chi connectivity index (χ4v) is 1.91. The standard InChI is InChI=1S/C14H19N3O2/c1-2-19-10-6-9-14(18)13-11-15-16-17(13)12-7-4-3-5-8-12/h3-5,7-8,11,14,18H,2,6,9-10H2,1H3. The SMILES string of the molecule is CCOCCCC(O)c1cnnn1-c1ccccc1. The number of aromatic nitrogens is 3. The zero-order valence-electron chi connectivity index (χ0n) is 11.1. The van der Waals surface area contributed by atoms with Crippen LogP contribution >= 0.6 is 0 Å². The molecule has 0 spiro atoms. The Balaban J connectivity index is 2.03. The van der Waals surface area contributed by atoms with Crippen LogP contribution in [0.25, 0.3) is 5.69 Å². The van der Waals surface area contributed by atoms with Crippen LogP contribution in [-0.4, -0.2) is 33.3 Å². The second kappa shape index (κ2) is 7.01. The van der Waals surface area contributed by atoms with E-state index in [9.17, 15) is 5.11 Å². The number of para-hydroxylation sites is 1. The Morgan fingerprint density at radius 1 is 1.32 bits per heavy atom. The van der Waals surface area contributed by atoms with Crippen molar-refractivity contribution >= 4 is 0 Å². The summed E-state index contributed by atoms with van der Waals surface area (Å²) in [5.41, 5.74) is 1.61. The summed E-state index contributed by atoms with van der Waals surface area (Å²) in [7, 11) is 0. The number of aliphatic hydroxyl groups is 1. The van der Waals surface area contributed by atoms with Crippen molar-refractivity contribution in [1.82, 2.24) is 15.0 Å². The van der Waals surface area contributed by atoms with Crippen LogP contribution in [0.4, 0.5) is 0 Å². The van der Waals surface area contributed by atoms with Gasteiger partial charge in [0.1, 0.15) is 0 Å². The first-order chi connectivity index (χ1) is 9.33. The molecule has 1 atom stereocenters. The van der Waals surface area contributed by atoms with Gasteiger partial charge in [-0.1, -0.05) is 23.4 Å². The molecule has 0 aliphatic heterocycles. The average Bonchev–Trinajstić information content (AvgIpc) is 2.94. The molecule has 1 N–H and O–H groups in total. The van der Waals surface area contributed by atoms with Crippen LogP contribution in [0, 0.1) is 0 Å². The molecule has 102 valence electrons. The van der Waals surface area contributed by atoms with E-state index in [-0.39, 0.29) is 0 Å². The summed E-state index contributed by atoms with van der Waals surface area (Å²) in [4.78, 5) is 0. The van der Waals surface area contributed by atoms with Crippen molar-refractivity contribution < 1.29 is 9.84 Å². The van der Waals surface area contributed by atoms with Crippen LogP contribution in [0.15, 0.2) is 36.5 Å². The first-order valence-corrected chi connectivity index (χ1v) is 6.54. The van der Waals surface area contributed by atoms with Crippen LogP contribution in [0.2, 0.25) is 0 Å². The van der Waals surface area contributed by atoms with E-state index in [0.717, 1.165) is 12.1 Å². The van der Waals surface area contributed by atoms with Gasteiger partial charge in [0.15, 0.2) is 0 Å². The largest absolute Gasteiger partial charge is 0.387 e. The van der Waals surface area contributed by atoms with Crippen LogP contribution < -0.4 is 0 Å². The fourth-order valence-electron chi connectivity index (χ4n) is 1.91. The van der Waals surface area contributed by atoms with Crippen molar-refractivity contribution in [2.24, 2.45) is 0 Å². The Morgan fingerprint density at radius 2 is 2.11 bits per heavy atom. The molecule has 0 saturated carbocycles. The minimum atomic E-state index is -0.573. The van der Waals surface area contributed by atoms with Gasteiger partial charge in [-0.15, -0.1) is 5.10 Å². The van der Waals surface area contributed by atoms with E-state index < -0.39 is 6.10 Å². The van der Waals surface area contributed by atoms with Crippen LogP contribution in [0.1, 0.15) is 31.6 Å². The summed E-state index contributed by atoms with van der Waals surface area (Å²) in [6, 6.07) is 9.68. The van der Waals surface area contributed by atoms with Gasteiger partial charge in [0.05, 0.1) is 23.7 Å². The highest BCUT2D eigenvalue weighted by molar-refractivity contribution is 5.31. The van der Waals surface area contributed by atoms with Crippen molar-refractivity contribution in [3.05, 3.63) is 42.2 Å². The van der Waals surface area contributed by atoms with E-state index in [1.54, 1.807) is 10.9 Å². The minimum Gasteiger partial charge on any atom is -0.387 e. The summed E-state index contributed by atoms with van der Waals surface area (Å²) in [5, 5.41) is 18.1. The lowest BCUT2D eigenvalue weighted by Gasteiger charge is -2.12. The van der Waals surface area contributed by atoms with E-state index in [2.05, 4.69) is 10.3 Å². The lowest BCUT2D eigenvalue weighted by molar-refractivity contribution is 0.112. The Labute approximate surface area is 112 Å². The Kier molecular flexibility index (Phi) is 5.06. The fraction of sp³-hybridized carbons (Fsp3) is 0.429. The van der Waals surface area contributed by atoms with Crippen LogP contribution in [0.3, 0.4) is 0 Å². The molecule has 0 amide bonds. The Hall–Kier alpha value is -1.72. The molecular weight excluding hydrogens is 242 g/mol. The monoisotopic (exact) mass is 261 g/mol. The summed E-state index contributed by atoms with van der Waals surface area (Å²) < 4.78 is 6.94. The predicted octanol–water partition coefficient (Wildman–Crippen LogP) is 2.12. The third-order valence-electron chi connectivity index (χ3n) is 2.89. The van der Waals surface area contributed by atoms with Gasteiger partial charge in [-0.05, 0) is 31.9 Å². The zero-order valence-corrected chi connectivity index (χ0v) is 11.1. The maximum atomic E-state index is 10.2. The number of hydrogen-bond donors (Lipinski definition) is 1. The number of hydrogen-bond acceptors (Lipinski definition) is 4. The first kappa shape index (κ1) is 13.7. The van der Waals surface area contributed by atoms with Crippen LogP contribution in [0.5, 0.6) is 0 Å². The lowest BCUT2D eigenvalue weighted by atomic mass is 10.1. The second-order valence-corrected chi connectivity index (χ2v) is 4.26. The first-order valence-electron chi connectivity index (χ1n) is 6.54. The molecule has 0 saturated heterocycles. The van der Waals surface area contributed by atoms with E-state index in [1.807, 2.05) is 37.3 Å². The highest BCUT2D eigenvalue weighted by atomic mass is 16.5. The molecule has 5 nitrogen and oxygen atoms in total. The molecule has 0 fully saturated rings. The van der Waals surface area contributed by atoms with Gasteiger partial charge in [0, 0.05) is 13.2 Å². The van der Waals surface area contributed by atoms with E-state index in [1.165, 1.54) is 0 Å². The van der Waals surface area contributed by atoms with Crippen molar-refractivity contribution in [3.63, 3.8) is 0 Å². The highest BCUT2D eigenvalue weighted by Crippen LogP contribution is 2.20. The van der Waals surface area contributed by atoms with Gasteiger partial charge in [-0.3, -0.25) is 0 Å². The molecule has 2 rings (SSSR count). The molecule has 0 aliphatic rings.